The number of rotatable bonds is 5. The molecule has 0 heterocycles. The van der Waals surface area contributed by atoms with Crippen LogP contribution in [0.5, 0.6) is 0 Å². The zero-order valence-corrected chi connectivity index (χ0v) is 11.6. The molecule has 4 N–H and O–H groups in total. The minimum absolute atomic E-state index is 0.175. The van der Waals surface area contributed by atoms with E-state index in [0.717, 1.165) is 5.56 Å². The molecule has 0 radical (unpaired) electrons. The molecule has 18 heavy (non-hydrogen) atoms. The molecule has 0 bridgehead atoms. The molecule has 0 fully saturated rings. The van der Waals surface area contributed by atoms with Crippen molar-refractivity contribution in [3.05, 3.63) is 29.8 Å². The lowest BCUT2D eigenvalue weighted by molar-refractivity contribution is 0.505. The van der Waals surface area contributed by atoms with E-state index < -0.39 is 15.6 Å². The van der Waals surface area contributed by atoms with Crippen LogP contribution in [0.4, 0.5) is 0 Å². The second kappa shape index (κ2) is 5.07. The number of hydrogen-bond donors (Lipinski definition) is 3. The van der Waals surface area contributed by atoms with Gasteiger partial charge in [0.15, 0.2) is 0 Å². The summed E-state index contributed by atoms with van der Waals surface area (Å²) in [6, 6.07) is 6.53. The first kappa shape index (κ1) is 14.7. The molecule has 1 unspecified atom stereocenters. The Kier molecular flexibility index (Phi) is 4.13. The molecule has 0 aliphatic heterocycles. The average molecular weight is 269 g/mol. The molecule has 1 aromatic rings. The second-order valence-corrected chi connectivity index (χ2v) is 6.20. The molecule has 0 saturated carbocycles. The third-order valence-electron chi connectivity index (χ3n) is 2.99. The van der Waals surface area contributed by atoms with E-state index in [1.54, 1.807) is 26.0 Å². The highest BCUT2D eigenvalue weighted by Gasteiger charge is 2.31. The lowest BCUT2D eigenvalue weighted by Gasteiger charge is -2.27. The first-order valence-corrected chi connectivity index (χ1v) is 7.15. The molecule has 0 saturated heterocycles. The molecule has 0 amide bonds. The summed E-state index contributed by atoms with van der Waals surface area (Å²) in [6.45, 7) is 5.26. The summed E-state index contributed by atoms with van der Waals surface area (Å²) in [6.07, 6.45) is 0.410. The van der Waals surface area contributed by atoms with Crippen LogP contribution < -0.4 is 10.5 Å². The summed E-state index contributed by atoms with van der Waals surface area (Å²) in [7, 11) is -3.66. The number of aryl methyl sites for hydroxylation is 1. The number of benzene rings is 1. The van der Waals surface area contributed by atoms with Gasteiger partial charge in [0.2, 0.25) is 10.0 Å². The van der Waals surface area contributed by atoms with E-state index in [0.29, 0.717) is 6.42 Å². The number of hydrogen-bond acceptors (Lipinski definition) is 3. The predicted octanol–water partition coefficient (Wildman–Crippen LogP) is 1.38. The van der Waals surface area contributed by atoms with E-state index in [-0.39, 0.29) is 10.7 Å². The highest BCUT2D eigenvalue weighted by molar-refractivity contribution is 7.89. The fraction of sp³-hybridized carbons (Fsp3) is 0.417. The maximum absolute atomic E-state index is 12.2. The Bertz CT molecular complexity index is 537. The molecular formula is C12H19N3O2S. The summed E-state index contributed by atoms with van der Waals surface area (Å²) in [5, 5.41) is 7.48. The molecule has 0 aliphatic rings. The third-order valence-corrected chi connectivity index (χ3v) is 4.60. The van der Waals surface area contributed by atoms with Crippen LogP contribution >= 0.6 is 0 Å². The number of nitrogens with one attached hydrogen (secondary N) is 2. The summed E-state index contributed by atoms with van der Waals surface area (Å²) in [5.74, 6) is -0.194. The Morgan fingerprint density at radius 3 is 2.28 bits per heavy atom. The SMILES string of the molecule is CCC(C)(NS(=O)(=O)c1ccc(C)cc1)C(=N)N. The van der Waals surface area contributed by atoms with Crippen molar-refractivity contribution in [3.8, 4) is 0 Å². The fourth-order valence-electron chi connectivity index (χ4n) is 1.39. The average Bonchev–Trinajstić information content (AvgIpc) is 2.28. The van der Waals surface area contributed by atoms with Gasteiger partial charge in [0.25, 0.3) is 0 Å². The zero-order chi connectivity index (χ0) is 14.0. The first-order valence-electron chi connectivity index (χ1n) is 5.66. The Hall–Kier alpha value is -1.40. The van der Waals surface area contributed by atoms with Gasteiger partial charge in [-0.25, -0.2) is 8.42 Å². The van der Waals surface area contributed by atoms with Gasteiger partial charge in [0.1, 0.15) is 5.84 Å². The van der Waals surface area contributed by atoms with Crippen molar-refractivity contribution in [1.82, 2.24) is 4.72 Å². The van der Waals surface area contributed by atoms with Crippen molar-refractivity contribution >= 4 is 15.9 Å². The summed E-state index contributed by atoms with van der Waals surface area (Å²) in [5.41, 5.74) is 5.38. The molecule has 1 aromatic carbocycles. The van der Waals surface area contributed by atoms with Gasteiger partial charge in [-0.1, -0.05) is 24.6 Å². The van der Waals surface area contributed by atoms with Gasteiger partial charge in [-0.15, -0.1) is 0 Å². The smallest absolute Gasteiger partial charge is 0.241 e. The van der Waals surface area contributed by atoms with E-state index >= 15 is 0 Å². The van der Waals surface area contributed by atoms with Gasteiger partial charge < -0.3 is 5.73 Å². The number of nitrogens with two attached hydrogens (primary N) is 1. The summed E-state index contributed by atoms with van der Waals surface area (Å²) < 4.78 is 26.8. The van der Waals surface area contributed by atoms with Crippen LogP contribution in [0.25, 0.3) is 0 Å². The van der Waals surface area contributed by atoms with Crippen molar-refractivity contribution < 1.29 is 8.42 Å². The quantitative estimate of drug-likeness (QED) is 0.556. The van der Waals surface area contributed by atoms with Crippen molar-refractivity contribution in [2.75, 3.05) is 0 Å². The molecule has 6 heteroatoms. The lowest BCUT2D eigenvalue weighted by atomic mass is 10.00. The Morgan fingerprint density at radius 2 is 1.89 bits per heavy atom. The van der Waals surface area contributed by atoms with Crippen LogP contribution in [0.1, 0.15) is 25.8 Å². The topological polar surface area (TPSA) is 96.0 Å². The van der Waals surface area contributed by atoms with Crippen LogP contribution in [0, 0.1) is 12.3 Å². The highest BCUT2D eigenvalue weighted by Crippen LogP contribution is 2.16. The Balaban J connectivity index is 3.09. The largest absolute Gasteiger partial charge is 0.386 e. The van der Waals surface area contributed by atoms with Gasteiger partial charge in [-0.3, -0.25) is 5.41 Å². The molecule has 0 spiro atoms. The summed E-state index contributed by atoms with van der Waals surface area (Å²) >= 11 is 0. The lowest BCUT2D eigenvalue weighted by Crippen LogP contribution is -2.54. The van der Waals surface area contributed by atoms with E-state index in [9.17, 15) is 8.42 Å². The predicted molar refractivity (Wildman–Crippen MR) is 72.1 cm³/mol. The molecule has 1 atom stereocenters. The Morgan fingerprint density at radius 1 is 1.39 bits per heavy atom. The van der Waals surface area contributed by atoms with E-state index in [2.05, 4.69) is 4.72 Å². The van der Waals surface area contributed by atoms with Gasteiger partial charge in [-0.05, 0) is 32.4 Å². The van der Waals surface area contributed by atoms with Crippen molar-refractivity contribution in [3.63, 3.8) is 0 Å². The second-order valence-electron chi connectivity index (χ2n) is 4.52. The number of sulfonamides is 1. The normalized spacial score (nSPS) is 15.1. The van der Waals surface area contributed by atoms with Crippen LogP contribution in [-0.4, -0.2) is 19.8 Å². The molecule has 5 nitrogen and oxygen atoms in total. The third kappa shape index (κ3) is 3.08. The maximum Gasteiger partial charge on any atom is 0.241 e. The maximum atomic E-state index is 12.2. The minimum atomic E-state index is -3.66. The molecular weight excluding hydrogens is 250 g/mol. The van der Waals surface area contributed by atoms with Crippen molar-refractivity contribution in [2.45, 2.75) is 37.6 Å². The van der Waals surface area contributed by atoms with Gasteiger partial charge in [0.05, 0.1) is 10.4 Å². The van der Waals surface area contributed by atoms with E-state index in [1.165, 1.54) is 12.1 Å². The highest BCUT2D eigenvalue weighted by atomic mass is 32.2. The van der Waals surface area contributed by atoms with Crippen molar-refractivity contribution in [2.24, 2.45) is 5.73 Å². The van der Waals surface area contributed by atoms with E-state index in [4.69, 9.17) is 11.1 Å². The zero-order valence-electron chi connectivity index (χ0n) is 10.8. The fourth-order valence-corrected chi connectivity index (χ4v) is 2.85. The Labute approximate surface area is 108 Å². The molecule has 1 rings (SSSR count). The monoisotopic (exact) mass is 269 g/mol. The van der Waals surface area contributed by atoms with Crippen LogP contribution in [0.15, 0.2) is 29.2 Å². The minimum Gasteiger partial charge on any atom is -0.386 e. The van der Waals surface area contributed by atoms with Crippen LogP contribution in [-0.2, 0) is 10.0 Å². The standard InChI is InChI=1S/C12H19N3O2S/c1-4-12(3,11(13)14)15-18(16,17)10-7-5-9(2)6-8-10/h5-8,15H,4H2,1-3H3,(H3,13,14). The van der Waals surface area contributed by atoms with E-state index in [1.807, 2.05) is 6.92 Å². The molecule has 0 aliphatic carbocycles. The van der Waals surface area contributed by atoms with Gasteiger partial charge >= 0.3 is 0 Å². The van der Waals surface area contributed by atoms with Crippen LogP contribution in [0.2, 0.25) is 0 Å². The van der Waals surface area contributed by atoms with Gasteiger partial charge in [-0.2, -0.15) is 4.72 Å². The number of amidine groups is 1. The van der Waals surface area contributed by atoms with Crippen LogP contribution in [0.3, 0.4) is 0 Å². The molecule has 100 valence electrons. The van der Waals surface area contributed by atoms with Crippen molar-refractivity contribution in [1.29, 1.82) is 5.41 Å². The molecule has 0 aromatic heterocycles. The summed E-state index contributed by atoms with van der Waals surface area (Å²) in [4.78, 5) is 0.175. The first-order chi connectivity index (χ1) is 8.21. The van der Waals surface area contributed by atoms with Gasteiger partial charge in [0, 0.05) is 0 Å².